The largest absolute Gasteiger partial charge is 0.489 e. The first-order chi connectivity index (χ1) is 9.89. The van der Waals surface area contributed by atoms with Crippen molar-refractivity contribution in [3.05, 3.63) is 58.6 Å². The lowest BCUT2D eigenvalue weighted by Gasteiger charge is -2.12. The van der Waals surface area contributed by atoms with Crippen LogP contribution < -0.4 is 4.74 Å². The van der Waals surface area contributed by atoms with Gasteiger partial charge in [0.1, 0.15) is 12.4 Å². The second kappa shape index (κ2) is 6.60. The lowest BCUT2D eigenvalue weighted by Crippen LogP contribution is -2.22. The van der Waals surface area contributed by atoms with Crippen LogP contribution in [0.2, 0.25) is 0 Å². The molecule has 0 fully saturated rings. The number of ether oxygens (including phenoxy) is 1. The number of hydrogen-bond donors (Lipinski definition) is 0. The van der Waals surface area contributed by atoms with Gasteiger partial charge in [-0.2, -0.15) is 0 Å². The van der Waals surface area contributed by atoms with E-state index in [-0.39, 0.29) is 4.90 Å². The molecule has 0 saturated heterocycles. The molecule has 2 rings (SSSR count). The van der Waals surface area contributed by atoms with Gasteiger partial charge in [-0.3, -0.25) is 0 Å². The normalized spacial score (nSPS) is 11.6. The Kier molecular flexibility index (Phi) is 5.03. The Bertz CT molecular complexity index is 712. The summed E-state index contributed by atoms with van der Waals surface area (Å²) in [5.41, 5.74) is 0.806. The van der Waals surface area contributed by atoms with Crippen molar-refractivity contribution in [2.24, 2.45) is 0 Å². The molecule has 0 atom stereocenters. The highest BCUT2D eigenvalue weighted by Gasteiger charge is 2.17. The van der Waals surface area contributed by atoms with Crippen LogP contribution >= 0.6 is 15.9 Å². The average Bonchev–Trinajstić information content (AvgIpc) is 2.47. The van der Waals surface area contributed by atoms with Gasteiger partial charge in [0.25, 0.3) is 0 Å². The van der Waals surface area contributed by atoms with E-state index in [4.69, 9.17) is 4.74 Å². The summed E-state index contributed by atoms with van der Waals surface area (Å²) >= 11 is 3.36. The SMILES string of the molecule is CN(C)S(=O)(=O)c1cccc(COc2ccc(Br)cc2)c1. The summed E-state index contributed by atoms with van der Waals surface area (Å²) in [6.07, 6.45) is 0. The predicted octanol–water partition coefficient (Wildman–Crippen LogP) is 3.28. The van der Waals surface area contributed by atoms with E-state index in [0.29, 0.717) is 6.61 Å². The molecule has 0 heterocycles. The Hall–Kier alpha value is -1.37. The van der Waals surface area contributed by atoms with Crippen LogP contribution in [0.25, 0.3) is 0 Å². The number of halogens is 1. The highest BCUT2D eigenvalue weighted by molar-refractivity contribution is 9.10. The number of nitrogens with zero attached hydrogens (tertiary/aromatic N) is 1. The van der Waals surface area contributed by atoms with Crippen molar-refractivity contribution in [3.63, 3.8) is 0 Å². The third-order valence-corrected chi connectivity index (χ3v) is 5.24. The quantitative estimate of drug-likeness (QED) is 0.812. The van der Waals surface area contributed by atoms with E-state index >= 15 is 0 Å². The minimum Gasteiger partial charge on any atom is -0.489 e. The molecule has 0 aromatic heterocycles. The molecule has 0 aliphatic rings. The predicted molar refractivity (Wildman–Crippen MR) is 85.8 cm³/mol. The van der Waals surface area contributed by atoms with Gasteiger partial charge in [-0.1, -0.05) is 28.1 Å². The first-order valence-electron chi connectivity index (χ1n) is 6.29. The Balaban J connectivity index is 2.13. The van der Waals surface area contributed by atoms with Gasteiger partial charge in [-0.15, -0.1) is 0 Å². The minimum absolute atomic E-state index is 0.268. The maximum atomic E-state index is 12.1. The summed E-state index contributed by atoms with van der Waals surface area (Å²) in [6.45, 7) is 0.318. The van der Waals surface area contributed by atoms with E-state index in [1.165, 1.54) is 18.4 Å². The Morgan fingerprint density at radius 1 is 1.10 bits per heavy atom. The molecule has 0 saturated carbocycles. The summed E-state index contributed by atoms with van der Waals surface area (Å²) < 4.78 is 32.0. The van der Waals surface area contributed by atoms with Crippen molar-refractivity contribution in [2.45, 2.75) is 11.5 Å². The van der Waals surface area contributed by atoms with Crippen LogP contribution in [0.4, 0.5) is 0 Å². The van der Waals surface area contributed by atoms with Gasteiger partial charge in [-0.05, 0) is 42.0 Å². The molecule has 0 spiro atoms. The molecule has 0 amide bonds. The lowest BCUT2D eigenvalue weighted by molar-refractivity contribution is 0.306. The van der Waals surface area contributed by atoms with Crippen molar-refractivity contribution in [3.8, 4) is 5.75 Å². The molecule has 2 aromatic rings. The standard InChI is InChI=1S/C15H16BrNO3S/c1-17(2)21(18,19)15-5-3-4-12(10-15)11-20-14-8-6-13(16)7-9-14/h3-10H,11H2,1-2H3. The summed E-state index contributed by atoms with van der Waals surface area (Å²) in [4.78, 5) is 0.268. The van der Waals surface area contributed by atoms with E-state index < -0.39 is 10.0 Å². The zero-order valence-corrected chi connectivity index (χ0v) is 14.2. The molecule has 0 aliphatic heterocycles. The van der Waals surface area contributed by atoms with E-state index in [1.807, 2.05) is 30.3 Å². The molecular formula is C15H16BrNO3S. The van der Waals surface area contributed by atoms with Crippen molar-refractivity contribution in [1.29, 1.82) is 0 Å². The molecule has 112 valence electrons. The van der Waals surface area contributed by atoms with Crippen molar-refractivity contribution in [1.82, 2.24) is 4.31 Å². The Labute approximate surface area is 133 Å². The second-order valence-corrected chi connectivity index (χ2v) is 7.74. The van der Waals surface area contributed by atoms with Gasteiger partial charge in [0.05, 0.1) is 4.90 Å². The van der Waals surface area contributed by atoms with Gasteiger partial charge < -0.3 is 4.74 Å². The molecule has 6 heteroatoms. The van der Waals surface area contributed by atoms with Crippen molar-refractivity contribution < 1.29 is 13.2 Å². The zero-order valence-electron chi connectivity index (χ0n) is 11.8. The third-order valence-electron chi connectivity index (χ3n) is 2.90. The molecule has 0 aliphatic carbocycles. The molecular weight excluding hydrogens is 354 g/mol. The van der Waals surface area contributed by atoms with E-state index in [1.54, 1.807) is 18.2 Å². The minimum atomic E-state index is -3.42. The fraction of sp³-hybridized carbons (Fsp3) is 0.200. The smallest absolute Gasteiger partial charge is 0.242 e. The summed E-state index contributed by atoms with van der Waals surface area (Å²) in [7, 11) is -0.388. The van der Waals surface area contributed by atoms with Crippen LogP contribution in [0, 0.1) is 0 Å². The monoisotopic (exact) mass is 369 g/mol. The molecule has 0 bridgehead atoms. The van der Waals surface area contributed by atoms with Gasteiger partial charge in [0, 0.05) is 18.6 Å². The number of sulfonamides is 1. The first-order valence-corrected chi connectivity index (χ1v) is 8.53. The van der Waals surface area contributed by atoms with Crippen LogP contribution in [0.15, 0.2) is 57.9 Å². The molecule has 2 aromatic carbocycles. The van der Waals surface area contributed by atoms with Crippen LogP contribution in [-0.2, 0) is 16.6 Å². The molecule has 21 heavy (non-hydrogen) atoms. The Morgan fingerprint density at radius 2 is 1.76 bits per heavy atom. The topological polar surface area (TPSA) is 46.6 Å². The van der Waals surface area contributed by atoms with Gasteiger partial charge in [-0.25, -0.2) is 12.7 Å². The van der Waals surface area contributed by atoms with Gasteiger partial charge >= 0.3 is 0 Å². The molecule has 0 unspecified atom stereocenters. The summed E-state index contributed by atoms with van der Waals surface area (Å²) in [5, 5.41) is 0. The number of benzene rings is 2. The summed E-state index contributed by atoms with van der Waals surface area (Å²) in [5.74, 6) is 0.735. The summed E-state index contributed by atoms with van der Waals surface area (Å²) in [6, 6.07) is 14.3. The fourth-order valence-electron chi connectivity index (χ4n) is 1.70. The lowest BCUT2D eigenvalue weighted by atomic mass is 10.2. The molecule has 0 N–H and O–H groups in total. The van der Waals surface area contributed by atoms with E-state index in [2.05, 4.69) is 15.9 Å². The highest BCUT2D eigenvalue weighted by Crippen LogP contribution is 2.19. The van der Waals surface area contributed by atoms with Crippen LogP contribution in [0.1, 0.15) is 5.56 Å². The molecule has 4 nitrogen and oxygen atoms in total. The maximum absolute atomic E-state index is 12.1. The van der Waals surface area contributed by atoms with Crippen molar-refractivity contribution in [2.75, 3.05) is 14.1 Å². The number of rotatable bonds is 5. The van der Waals surface area contributed by atoms with Crippen LogP contribution in [-0.4, -0.2) is 26.8 Å². The zero-order chi connectivity index (χ0) is 15.5. The van der Waals surface area contributed by atoms with Gasteiger partial charge in [0.15, 0.2) is 0 Å². The van der Waals surface area contributed by atoms with Crippen molar-refractivity contribution >= 4 is 26.0 Å². The van der Waals surface area contributed by atoms with Crippen LogP contribution in [0.3, 0.4) is 0 Å². The van der Waals surface area contributed by atoms with E-state index in [9.17, 15) is 8.42 Å². The van der Waals surface area contributed by atoms with E-state index in [0.717, 1.165) is 15.8 Å². The second-order valence-electron chi connectivity index (χ2n) is 4.68. The highest BCUT2D eigenvalue weighted by atomic mass is 79.9. The Morgan fingerprint density at radius 3 is 2.38 bits per heavy atom. The first kappa shape index (κ1) is 16.0. The maximum Gasteiger partial charge on any atom is 0.242 e. The fourth-order valence-corrected chi connectivity index (χ4v) is 2.94. The number of hydrogen-bond acceptors (Lipinski definition) is 3. The third kappa shape index (κ3) is 4.06. The van der Waals surface area contributed by atoms with Crippen LogP contribution in [0.5, 0.6) is 5.75 Å². The average molecular weight is 370 g/mol. The molecule has 0 radical (unpaired) electrons. The van der Waals surface area contributed by atoms with Gasteiger partial charge in [0.2, 0.25) is 10.0 Å².